The summed E-state index contributed by atoms with van der Waals surface area (Å²) in [5, 5.41) is 12.3. The number of aromatic nitrogens is 4. The molecular weight excluding hydrogens is 449 g/mol. The van der Waals surface area contributed by atoms with E-state index in [1.54, 1.807) is 12.1 Å². The first-order valence-electron chi connectivity index (χ1n) is 11.5. The van der Waals surface area contributed by atoms with Crippen LogP contribution in [0.5, 0.6) is 0 Å². The van der Waals surface area contributed by atoms with Crippen molar-refractivity contribution in [2.45, 2.75) is 52.5 Å². The largest absolute Gasteiger partial charge is 0.323 e. The fourth-order valence-corrected chi connectivity index (χ4v) is 5.28. The Morgan fingerprint density at radius 2 is 1.85 bits per heavy atom. The van der Waals surface area contributed by atoms with E-state index in [4.69, 9.17) is 0 Å². The molecule has 3 heterocycles. The zero-order valence-corrected chi connectivity index (χ0v) is 20.1. The van der Waals surface area contributed by atoms with Crippen LogP contribution in [0.3, 0.4) is 0 Å². The number of carbonyl (C=O) groups excluding carboxylic acids is 1. The molecule has 0 saturated carbocycles. The van der Waals surface area contributed by atoms with Crippen LogP contribution in [-0.4, -0.2) is 25.7 Å². The number of amides is 1. The van der Waals surface area contributed by atoms with Crippen LogP contribution in [0.4, 0.5) is 10.1 Å². The third kappa shape index (κ3) is 4.63. The summed E-state index contributed by atoms with van der Waals surface area (Å²) >= 11 is 1.49. The SMILES string of the molecule is Cc1ccc(-c2nc(C)sc2CC(=O)Nc2cc(-c3nnc4n3CCCCC4)ccc2F)cc1. The molecule has 34 heavy (non-hydrogen) atoms. The van der Waals surface area contributed by atoms with Crippen molar-refractivity contribution in [1.82, 2.24) is 19.7 Å². The Bertz CT molecular complexity index is 1340. The van der Waals surface area contributed by atoms with Crippen LogP contribution in [-0.2, 0) is 24.2 Å². The molecule has 2 aromatic heterocycles. The van der Waals surface area contributed by atoms with Crippen molar-refractivity contribution >= 4 is 22.9 Å². The number of carbonyl (C=O) groups is 1. The Morgan fingerprint density at radius 1 is 1.06 bits per heavy atom. The smallest absolute Gasteiger partial charge is 0.229 e. The Balaban J connectivity index is 1.37. The van der Waals surface area contributed by atoms with E-state index in [2.05, 4.69) is 25.1 Å². The molecule has 8 heteroatoms. The topological polar surface area (TPSA) is 72.7 Å². The lowest BCUT2D eigenvalue weighted by atomic mass is 10.1. The minimum atomic E-state index is -0.480. The summed E-state index contributed by atoms with van der Waals surface area (Å²) in [4.78, 5) is 18.4. The predicted octanol–water partition coefficient (Wildman–Crippen LogP) is 5.73. The lowest BCUT2D eigenvalue weighted by molar-refractivity contribution is -0.115. The summed E-state index contributed by atoms with van der Waals surface area (Å²) in [7, 11) is 0. The van der Waals surface area contributed by atoms with Gasteiger partial charge in [0, 0.05) is 29.0 Å². The van der Waals surface area contributed by atoms with E-state index < -0.39 is 5.82 Å². The van der Waals surface area contributed by atoms with Crippen LogP contribution < -0.4 is 5.32 Å². The van der Waals surface area contributed by atoms with Gasteiger partial charge in [0.25, 0.3) is 0 Å². The summed E-state index contributed by atoms with van der Waals surface area (Å²) in [5.74, 6) is 0.916. The van der Waals surface area contributed by atoms with E-state index in [0.717, 1.165) is 70.3 Å². The van der Waals surface area contributed by atoms with Crippen molar-refractivity contribution in [3.05, 3.63) is 69.6 Å². The molecule has 0 bridgehead atoms. The molecule has 174 valence electrons. The Hall–Kier alpha value is -3.39. The molecule has 0 saturated heterocycles. The summed E-state index contributed by atoms with van der Waals surface area (Å²) in [5.41, 5.74) is 3.82. The molecule has 0 spiro atoms. The number of fused-ring (bicyclic) bond motifs is 1. The fraction of sp³-hybridized carbons (Fsp3) is 0.308. The standard InChI is InChI=1S/C26H26FN5OS/c1-16-7-9-18(10-8-16)25-22(34-17(2)28-25)15-24(33)29-21-14-19(11-12-20(21)27)26-31-30-23-6-4-3-5-13-32(23)26/h7-12,14H,3-6,13,15H2,1-2H3,(H,29,33). The minimum absolute atomic E-state index is 0.124. The number of hydrogen-bond acceptors (Lipinski definition) is 5. The van der Waals surface area contributed by atoms with Gasteiger partial charge in [0.05, 0.1) is 22.8 Å². The van der Waals surface area contributed by atoms with Gasteiger partial charge in [-0.3, -0.25) is 4.79 Å². The van der Waals surface area contributed by atoms with Crippen molar-refractivity contribution < 1.29 is 9.18 Å². The maximum absolute atomic E-state index is 14.6. The van der Waals surface area contributed by atoms with Gasteiger partial charge in [0.1, 0.15) is 11.6 Å². The van der Waals surface area contributed by atoms with Gasteiger partial charge in [0.15, 0.2) is 5.82 Å². The summed E-state index contributed by atoms with van der Waals surface area (Å²) in [6.45, 7) is 4.81. The molecule has 6 nitrogen and oxygen atoms in total. The number of halogens is 1. The molecule has 0 aliphatic carbocycles. The quantitative estimate of drug-likeness (QED) is 0.400. The number of anilines is 1. The molecule has 0 atom stereocenters. The molecule has 1 amide bonds. The van der Waals surface area contributed by atoms with E-state index in [0.29, 0.717) is 5.82 Å². The van der Waals surface area contributed by atoms with Crippen LogP contribution in [0.25, 0.3) is 22.6 Å². The second kappa shape index (κ2) is 9.46. The molecule has 0 radical (unpaired) electrons. The summed E-state index contributed by atoms with van der Waals surface area (Å²) in [6, 6.07) is 12.8. The zero-order valence-electron chi connectivity index (χ0n) is 19.3. The van der Waals surface area contributed by atoms with Gasteiger partial charge in [-0.25, -0.2) is 9.37 Å². The molecule has 0 unspecified atom stereocenters. The maximum atomic E-state index is 14.6. The van der Waals surface area contributed by atoms with Crippen molar-refractivity contribution in [2.24, 2.45) is 0 Å². The highest BCUT2D eigenvalue weighted by atomic mass is 32.1. The number of nitrogens with one attached hydrogen (secondary N) is 1. The van der Waals surface area contributed by atoms with Gasteiger partial charge in [-0.05, 0) is 44.9 Å². The predicted molar refractivity (Wildman–Crippen MR) is 132 cm³/mol. The highest BCUT2D eigenvalue weighted by Gasteiger charge is 2.19. The van der Waals surface area contributed by atoms with Gasteiger partial charge in [-0.15, -0.1) is 21.5 Å². The first-order valence-corrected chi connectivity index (χ1v) is 12.3. The molecule has 0 fully saturated rings. The van der Waals surface area contributed by atoms with Crippen LogP contribution in [0.1, 0.15) is 40.5 Å². The van der Waals surface area contributed by atoms with Crippen molar-refractivity contribution in [3.63, 3.8) is 0 Å². The molecular formula is C26H26FN5OS. The van der Waals surface area contributed by atoms with Gasteiger partial charge in [0.2, 0.25) is 5.91 Å². The van der Waals surface area contributed by atoms with E-state index >= 15 is 0 Å². The molecule has 1 N–H and O–H groups in total. The molecule has 5 rings (SSSR count). The third-order valence-corrected chi connectivity index (χ3v) is 7.03. The Labute approximate surface area is 201 Å². The first kappa shape index (κ1) is 22.4. The molecule has 1 aliphatic heterocycles. The molecule has 1 aliphatic rings. The van der Waals surface area contributed by atoms with Gasteiger partial charge < -0.3 is 9.88 Å². The average Bonchev–Trinajstić information content (AvgIpc) is 3.30. The third-order valence-electron chi connectivity index (χ3n) is 6.06. The second-order valence-corrected chi connectivity index (χ2v) is 9.98. The Kier molecular flexibility index (Phi) is 6.24. The monoisotopic (exact) mass is 475 g/mol. The van der Waals surface area contributed by atoms with E-state index in [1.807, 2.05) is 38.1 Å². The normalized spacial score (nSPS) is 13.4. The number of aryl methyl sites for hydroxylation is 3. The maximum Gasteiger partial charge on any atom is 0.229 e. The minimum Gasteiger partial charge on any atom is -0.323 e. The van der Waals surface area contributed by atoms with Crippen molar-refractivity contribution in [2.75, 3.05) is 5.32 Å². The van der Waals surface area contributed by atoms with E-state index in [9.17, 15) is 9.18 Å². The van der Waals surface area contributed by atoms with Crippen molar-refractivity contribution in [1.29, 1.82) is 0 Å². The first-order chi connectivity index (χ1) is 16.5. The number of rotatable bonds is 5. The fourth-order valence-electron chi connectivity index (χ4n) is 4.32. The summed E-state index contributed by atoms with van der Waals surface area (Å²) in [6.07, 6.45) is 4.36. The highest BCUT2D eigenvalue weighted by molar-refractivity contribution is 7.12. The van der Waals surface area contributed by atoms with Crippen molar-refractivity contribution in [3.8, 4) is 22.6 Å². The molecule has 4 aromatic rings. The number of thiazole rings is 1. The van der Waals surface area contributed by atoms with Gasteiger partial charge in [-0.2, -0.15) is 0 Å². The van der Waals surface area contributed by atoms with E-state index in [1.165, 1.54) is 17.4 Å². The Morgan fingerprint density at radius 3 is 2.68 bits per heavy atom. The average molecular weight is 476 g/mol. The lowest BCUT2D eigenvalue weighted by Gasteiger charge is -2.11. The second-order valence-electron chi connectivity index (χ2n) is 8.69. The highest BCUT2D eigenvalue weighted by Crippen LogP contribution is 2.30. The van der Waals surface area contributed by atoms with E-state index in [-0.39, 0.29) is 18.0 Å². The van der Waals surface area contributed by atoms with Crippen LogP contribution in [0.2, 0.25) is 0 Å². The zero-order chi connectivity index (χ0) is 23.7. The summed E-state index contributed by atoms with van der Waals surface area (Å²) < 4.78 is 16.7. The van der Waals surface area contributed by atoms with Gasteiger partial charge >= 0.3 is 0 Å². The van der Waals surface area contributed by atoms with Crippen LogP contribution in [0.15, 0.2) is 42.5 Å². The number of nitrogens with zero attached hydrogens (tertiary/aromatic N) is 4. The number of benzene rings is 2. The van der Waals surface area contributed by atoms with Crippen LogP contribution in [0, 0.1) is 19.7 Å². The van der Waals surface area contributed by atoms with Crippen LogP contribution >= 0.6 is 11.3 Å². The number of hydrogen-bond donors (Lipinski definition) is 1. The van der Waals surface area contributed by atoms with Gasteiger partial charge in [-0.1, -0.05) is 36.2 Å². The molecule has 2 aromatic carbocycles. The lowest BCUT2D eigenvalue weighted by Crippen LogP contribution is -2.15.